The molecule has 1 saturated heterocycles. The molecule has 1 aliphatic rings. The van der Waals surface area contributed by atoms with Crippen LogP contribution in [0.1, 0.15) is 38.7 Å². The number of hydrogen-bond donors (Lipinski definition) is 1. The average Bonchev–Trinajstić information content (AvgIpc) is 2.70. The SMILES string of the molecule is CC(C)(C)OC(=O)NN1CCC(c2ccccc2)C1=O. The third-order valence-corrected chi connectivity index (χ3v) is 3.03. The van der Waals surface area contributed by atoms with E-state index in [0.717, 1.165) is 5.56 Å². The van der Waals surface area contributed by atoms with Crippen molar-refractivity contribution in [2.24, 2.45) is 0 Å². The molecule has 0 spiro atoms. The third-order valence-electron chi connectivity index (χ3n) is 3.03. The maximum Gasteiger partial charge on any atom is 0.426 e. The lowest BCUT2D eigenvalue weighted by atomic mass is 9.98. The van der Waals surface area contributed by atoms with E-state index in [9.17, 15) is 9.59 Å². The molecule has 5 heteroatoms. The van der Waals surface area contributed by atoms with Crippen LogP contribution in [0.25, 0.3) is 0 Å². The number of hydrazine groups is 1. The van der Waals surface area contributed by atoms with Crippen molar-refractivity contribution < 1.29 is 14.3 Å². The van der Waals surface area contributed by atoms with Crippen LogP contribution < -0.4 is 5.43 Å². The Kier molecular flexibility index (Phi) is 3.97. The van der Waals surface area contributed by atoms with Crippen molar-refractivity contribution in [2.45, 2.75) is 38.7 Å². The smallest absolute Gasteiger partial charge is 0.426 e. The standard InChI is InChI=1S/C15H20N2O3/c1-15(2,3)20-14(19)16-17-10-9-12(13(17)18)11-7-5-4-6-8-11/h4-8,12H,9-10H2,1-3H3,(H,16,19). The summed E-state index contributed by atoms with van der Waals surface area (Å²) in [6, 6.07) is 9.60. The van der Waals surface area contributed by atoms with Crippen molar-refractivity contribution in [3.05, 3.63) is 35.9 Å². The summed E-state index contributed by atoms with van der Waals surface area (Å²) in [5, 5.41) is 1.34. The number of hydrogen-bond acceptors (Lipinski definition) is 3. The fourth-order valence-electron chi connectivity index (χ4n) is 2.20. The minimum atomic E-state index is -0.598. The van der Waals surface area contributed by atoms with Crippen LogP contribution in [0.4, 0.5) is 4.79 Å². The van der Waals surface area contributed by atoms with E-state index in [1.165, 1.54) is 5.01 Å². The van der Waals surface area contributed by atoms with Crippen molar-refractivity contribution in [3.8, 4) is 0 Å². The van der Waals surface area contributed by atoms with E-state index in [1.807, 2.05) is 30.3 Å². The molecule has 1 atom stereocenters. The molecule has 108 valence electrons. The largest absolute Gasteiger partial charge is 0.443 e. The van der Waals surface area contributed by atoms with Crippen molar-refractivity contribution in [1.82, 2.24) is 10.4 Å². The summed E-state index contributed by atoms with van der Waals surface area (Å²) in [5.74, 6) is -0.284. The first kappa shape index (κ1) is 14.4. The molecule has 1 heterocycles. The molecule has 1 N–H and O–H groups in total. The lowest BCUT2D eigenvalue weighted by Crippen LogP contribution is -2.45. The van der Waals surface area contributed by atoms with Crippen LogP contribution in [0.15, 0.2) is 30.3 Å². The Morgan fingerprint density at radius 1 is 1.30 bits per heavy atom. The maximum absolute atomic E-state index is 12.3. The molecular formula is C15H20N2O3. The zero-order valence-corrected chi connectivity index (χ0v) is 12.1. The molecule has 0 bridgehead atoms. The summed E-state index contributed by atoms with van der Waals surface area (Å²) in [5.41, 5.74) is 2.91. The Morgan fingerprint density at radius 2 is 1.95 bits per heavy atom. The van der Waals surface area contributed by atoms with E-state index in [0.29, 0.717) is 13.0 Å². The number of carbonyl (C=O) groups is 2. The zero-order chi connectivity index (χ0) is 14.8. The minimum absolute atomic E-state index is 0.0953. The second-order valence-corrected chi connectivity index (χ2v) is 5.86. The van der Waals surface area contributed by atoms with Gasteiger partial charge in [0.05, 0.1) is 5.92 Å². The van der Waals surface area contributed by atoms with Gasteiger partial charge in [0.15, 0.2) is 0 Å². The summed E-state index contributed by atoms with van der Waals surface area (Å²) in [7, 11) is 0. The van der Waals surface area contributed by atoms with Gasteiger partial charge in [0, 0.05) is 6.54 Å². The van der Waals surface area contributed by atoms with Gasteiger partial charge in [-0.25, -0.2) is 10.2 Å². The lowest BCUT2D eigenvalue weighted by molar-refractivity contribution is -0.131. The van der Waals surface area contributed by atoms with Gasteiger partial charge in [-0.05, 0) is 32.8 Å². The fourth-order valence-corrected chi connectivity index (χ4v) is 2.20. The molecule has 0 saturated carbocycles. The van der Waals surface area contributed by atoms with Gasteiger partial charge in [0.2, 0.25) is 5.91 Å². The molecule has 1 fully saturated rings. The summed E-state index contributed by atoms with van der Waals surface area (Å²) >= 11 is 0. The van der Waals surface area contributed by atoms with Crippen molar-refractivity contribution in [3.63, 3.8) is 0 Å². The highest BCUT2D eigenvalue weighted by molar-refractivity contribution is 5.87. The molecule has 1 unspecified atom stereocenters. The van der Waals surface area contributed by atoms with Gasteiger partial charge in [-0.15, -0.1) is 0 Å². The first-order chi connectivity index (χ1) is 9.37. The van der Waals surface area contributed by atoms with E-state index in [-0.39, 0.29) is 11.8 Å². The van der Waals surface area contributed by atoms with Gasteiger partial charge < -0.3 is 4.74 Å². The Labute approximate surface area is 118 Å². The van der Waals surface area contributed by atoms with E-state index in [4.69, 9.17) is 4.74 Å². The quantitative estimate of drug-likeness (QED) is 0.902. The van der Waals surface area contributed by atoms with Crippen LogP contribution in [0.5, 0.6) is 0 Å². The Balaban J connectivity index is 1.97. The van der Waals surface area contributed by atoms with Crippen LogP contribution in [-0.4, -0.2) is 29.2 Å². The molecule has 2 rings (SSSR count). The molecule has 1 aromatic carbocycles. The van der Waals surface area contributed by atoms with Crippen LogP contribution in [0, 0.1) is 0 Å². The van der Waals surface area contributed by atoms with Crippen molar-refractivity contribution in [1.29, 1.82) is 0 Å². The van der Waals surface area contributed by atoms with E-state index >= 15 is 0 Å². The van der Waals surface area contributed by atoms with Crippen LogP contribution >= 0.6 is 0 Å². The van der Waals surface area contributed by atoms with Gasteiger partial charge in [0.1, 0.15) is 5.60 Å². The maximum atomic E-state index is 12.3. The number of nitrogens with one attached hydrogen (secondary N) is 1. The molecule has 0 aromatic heterocycles. The molecule has 1 aromatic rings. The summed E-state index contributed by atoms with van der Waals surface area (Å²) in [6.45, 7) is 5.85. The highest BCUT2D eigenvalue weighted by Crippen LogP contribution is 2.27. The molecule has 2 amide bonds. The topological polar surface area (TPSA) is 58.6 Å². The third kappa shape index (κ3) is 3.50. The number of benzene rings is 1. The Hall–Kier alpha value is -2.04. The number of amides is 2. The van der Waals surface area contributed by atoms with E-state index < -0.39 is 11.7 Å². The first-order valence-corrected chi connectivity index (χ1v) is 6.73. The lowest BCUT2D eigenvalue weighted by Gasteiger charge is -2.23. The minimum Gasteiger partial charge on any atom is -0.443 e. The first-order valence-electron chi connectivity index (χ1n) is 6.73. The zero-order valence-electron chi connectivity index (χ0n) is 12.1. The molecule has 20 heavy (non-hydrogen) atoms. The van der Waals surface area contributed by atoms with E-state index in [2.05, 4.69) is 5.43 Å². The summed E-state index contributed by atoms with van der Waals surface area (Å²) in [6.07, 6.45) is 0.0955. The van der Waals surface area contributed by atoms with Gasteiger partial charge in [-0.3, -0.25) is 9.80 Å². The Bertz CT molecular complexity index is 494. The monoisotopic (exact) mass is 276 g/mol. The highest BCUT2D eigenvalue weighted by atomic mass is 16.6. The molecule has 0 aliphatic carbocycles. The van der Waals surface area contributed by atoms with Gasteiger partial charge in [0.25, 0.3) is 0 Å². The van der Waals surface area contributed by atoms with Gasteiger partial charge in [-0.2, -0.15) is 0 Å². The second kappa shape index (κ2) is 5.53. The van der Waals surface area contributed by atoms with Crippen molar-refractivity contribution in [2.75, 3.05) is 6.54 Å². The molecule has 5 nitrogen and oxygen atoms in total. The summed E-state index contributed by atoms with van der Waals surface area (Å²) < 4.78 is 5.14. The average molecular weight is 276 g/mol. The molecule has 1 aliphatic heterocycles. The van der Waals surface area contributed by atoms with Crippen LogP contribution in [0.2, 0.25) is 0 Å². The van der Waals surface area contributed by atoms with Crippen LogP contribution in [0.3, 0.4) is 0 Å². The summed E-state index contributed by atoms with van der Waals surface area (Å²) in [4.78, 5) is 23.9. The number of rotatable bonds is 2. The normalized spacial score (nSPS) is 19.1. The van der Waals surface area contributed by atoms with Gasteiger partial charge >= 0.3 is 6.09 Å². The highest BCUT2D eigenvalue weighted by Gasteiger charge is 2.34. The van der Waals surface area contributed by atoms with E-state index in [1.54, 1.807) is 20.8 Å². The molecule has 0 radical (unpaired) electrons. The number of carbonyl (C=O) groups excluding carboxylic acids is 2. The molecular weight excluding hydrogens is 256 g/mol. The van der Waals surface area contributed by atoms with Crippen molar-refractivity contribution >= 4 is 12.0 Å². The number of ether oxygens (including phenoxy) is 1. The number of nitrogens with zero attached hydrogens (tertiary/aromatic N) is 1. The predicted octanol–water partition coefficient (Wildman–Crippen LogP) is 2.44. The predicted molar refractivity (Wildman–Crippen MR) is 74.9 cm³/mol. The fraction of sp³-hybridized carbons (Fsp3) is 0.467. The second-order valence-electron chi connectivity index (χ2n) is 5.86. The Morgan fingerprint density at radius 3 is 2.55 bits per heavy atom. The van der Waals surface area contributed by atoms with Crippen LogP contribution in [-0.2, 0) is 9.53 Å². The van der Waals surface area contributed by atoms with Gasteiger partial charge in [-0.1, -0.05) is 30.3 Å².